The SMILES string of the molecule is Cc1[nH]nc(C(=O)Nc2cccc(F)c2C)c1N. The van der Waals surface area contributed by atoms with Crippen LogP contribution in [0.2, 0.25) is 0 Å². The van der Waals surface area contributed by atoms with Crippen LogP contribution in [0, 0.1) is 19.7 Å². The van der Waals surface area contributed by atoms with Gasteiger partial charge in [-0.2, -0.15) is 5.10 Å². The van der Waals surface area contributed by atoms with Gasteiger partial charge in [-0.25, -0.2) is 4.39 Å². The fraction of sp³-hybridized carbons (Fsp3) is 0.167. The molecule has 4 N–H and O–H groups in total. The topological polar surface area (TPSA) is 83.8 Å². The molecule has 0 spiro atoms. The molecule has 0 aliphatic heterocycles. The van der Waals surface area contributed by atoms with Crippen LogP contribution in [-0.2, 0) is 0 Å². The summed E-state index contributed by atoms with van der Waals surface area (Å²) >= 11 is 0. The Hall–Kier alpha value is -2.37. The maximum Gasteiger partial charge on any atom is 0.278 e. The third-order valence-corrected chi connectivity index (χ3v) is 2.73. The summed E-state index contributed by atoms with van der Waals surface area (Å²) in [6.07, 6.45) is 0. The summed E-state index contributed by atoms with van der Waals surface area (Å²) in [6, 6.07) is 4.47. The van der Waals surface area contributed by atoms with Crippen molar-refractivity contribution < 1.29 is 9.18 Å². The second-order valence-corrected chi connectivity index (χ2v) is 3.98. The van der Waals surface area contributed by atoms with Crippen molar-refractivity contribution in [2.75, 3.05) is 11.1 Å². The standard InChI is InChI=1S/C12H13FN4O/c1-6-8(13)4-3-5-9(6)15-12(18)11-10(14)7(2)16-17-11/h3-5H,14H2,1-2H3,(H,15,18)(H,16,17). The minimum atomic E-state index is -0.467. The van der Waals surface area contributed by atoms with Gasteiger partial charge in [0.1, 0.15) is 5.82 Å². The molecule has 0 aliphatic rings. The average Bonchev–Trinajstić information content (AvgIpc) is 2.66. The van der Waals surface area contributed by atoms with Gasteiger partial charge in [-0.3, -0.25) is 9.89 Å². The maximum atomic E-state index is 13.3. The first-order valence-corrected chi connectivity index (χ1v) is 5.37. The van der Waals surface area contributed by atoms with Crippen molar-refractivity contribution in [2.24, 2.45) is 0 Å². The van der Waals surface area contributed by atoms with Gasteiger partial charge in [0.05, 0.1) is 11.4 Å². The number of halogens is 1. The molecule has 18 heavy (non-hydrogen) atoms. The first-order chi connectivity index (χ1) is 8.50. The van der Waals surface area contributed by atoms with Crippen molar-refractivity contribution >= 4 is 17.3 Å². The molecule has 94 valence electrons. The summed E-state index contributed by atoms with van der Waals surface area (Å²) in [6.45, 7) is 3.30. The van der Waals surface area contributed by atoms with E-state index in [2.05, 4.69) is 15.5 Å². The van der Waals surface area contributed by atoms with E-state index in [-0.39, 0.29) is 11.5 Å². The molecule has 0 bridgehead atoms. The lowest BCUT2D eigenvalue weighted by molar-refractivity contribution is 0.102. The van der Waals surface area contributed by atoms with Crippen molar-refractivity contribution in [3.8, 4) is 0 Å². The van der Waals surface area contributed by atoms with Gasteiger partial charge in [-0.05, 0) is 26.0 Å². The highest BCUT2D eigenvalue weighted by Crippen LogP contribution is 2.19. The summed E-state index contributed by atoms with van der Waals surface area (Å²) in [5.41, 5.74) is 7.49. The zero-order valence-electron chi connectivity index (χ0n) is 10.0. The minimum Gasteiger partial charge on any atom is -0.395 e. The first kappa shape index (κ1) is 12.1. The molecule has 1 amide bonds. The molecule has 2 aromatic rings. The van der Waals surface area contributed by atoms with E-state index in [9.17, 15) is 9.18 Å². The van der Waals surface area contributed by atoms with E-state index in [1.54, 1.807) is 19.9 Å². The summed E-state index contributed by atoms with van der Waals surface area (Å²) < 4.78 is 13.3. The number of aromatic amines is 1. The first-order valence-electron chi connectivity index (χ1n) is 5.37. The molecular formula is C12H13FN4O. The number of carbonyl (C=O) groups is 1. The number of nitrogen functional groups attached to an aromatic ring is 1. The number of amides is 1. The molecule has 0 aliphatic carbocycles. The maximum absolute atomic E-state index is 13.3. The number of H-pyrrole nitrogens is 1. The number of hydrogen-bond acceptors (Lipinski definition) is 3. The monoisotopic (exact) mass is 248 g/mol. The molecule has 0 radical (unpaired) electrons. The van der Waals surface area contributed by atoms with Crippen LogP contribution in [0.15, 0.2) is 18.2 Å². The number of benzene rings is 1. The fourth-order valence-electron chi connectivity index (χ4n) is 1.54. The summed E-state index contributed by atoms with van der Waals surface area (Å²) in [5, 5.41) is 9.01. The Morgan fingerprint density at radius 3 is 2.78 bits per heavy atom. The average molecular weight is 248 g/mol. The van der Waals surface area contributed by atoms with Gasteiger partial charge < -0.3 is 11.1 Å². The Morgan fingerprint density at radius 2 is 2.17 bits per heavy atom. The lowest BCUT2D eigenvalue weighted by atomic mass is 10.2. The number of rotatable bonds is 2. The van der Waals surface area contributed by atoms with Crippen molar-refractivity contribution in [2.45, 2.75) is 13.8 Å². The number of nitrogens with one attached hydrogen (secondary N) is 2. The highest BCUT2D eigenvalue weighted by Gasteiger charge is 2.16. The van der Waals surface area contributed by atoms with E-state index in [1.807, 2.05) is 0 Å². The minimum absolute atomic E-state index is 0.108. The molecule has 1 aromatic heterocycles. The van der Waals surface area contributed by atoms with Crippen LogP contribution < -0.4 is 11.1 Å². The molecule has 0 fully saturated rings. The van der Waals surface area contributed by atoms with E-state index in [0.29, 0.717) is 22.6 Å². The van der Waals surface area contributed by atoms with E-state index in [4.69, 9.17) is 5.73 Å². The molecule has 2 rings (SSSR count). The van der Waals surface area contributed by atoms with Crippen molar-refractivity contribution in [3.63, 3.8) is 0 Å². The number of nitrogens with zero attached hydrogens (tertiary/aromatic N) is 1. The molecule has 0 unspecified atom stereocenters. The number of aryl methyl sites for hydroxylation is 1. The Bertz CT molecular complexity index is 606. The molecule has 0 saturated heterocycles. The normalized spacial score (nSPS) is 10.4. The highest BCUT2D eigenvalue weighted by molar-refractivity contribution is 6.06. The van der Waals surface area contributed by atoms with E-state index >= 15 is 0 Å². The number of nitrogens with two attached hydrogens (primary N) is 1. The summed E-state index contributed by atoms with van der Waals surface area (Å²) in [4.78, 5) is 11.9. The Balaban J connectivity index is 2.27. The van der Waals surface area contributed by atoms with Crippen LogP contribution in [0.4, 0.5) is 15.8 Å². The molecule has 6 heteroatoms. The number of anilines is 2. The van der Waals surface area contributed by atoms with Gasteiger partial charge in [0.15, 0.2) is 5.69 Å². The second kappa shape index (κ2) is 4.48. The Labute approximate surface area is 103 Å². The summed E-state index contributed by atoms with van der Waals surface area (Å²) in [5.74, 6) is -0.843. The van der Waals surface area contributed by atoms with Gasteiger partial charge >= 0.3 is 0 Å². The Morgan fingerprint density at radius 1 is 1.44 bits per heavy atom. The van der Waals surface area contributed by atoms with Crippen LogP contribution in [0.1, 0.15) is 21.7 Å². The van der Waals surface area contributed by atoms with Crippen molar-refractivity contribution in [1.82, 2.24) is 10.2 Å². The lowest BCUT2D eigenvalue weighted by Crippen LogP contribution is -2.15. The molecule has 0 atom stereocenters. The van der Waals surface area contributed by atoms with Crippen LogP contribution >= 0.6 is 0 Å². The van der Waals surface area contributed by atoms with Gasteiger partial charge in [0.2, 0.25) is 0 Å². The Kier molecular flexibility index (Phi) is 3.01. The fourth-order valence-corrected chi connectivity index (χ4v) is 1.54. The van der Waals surface area contributed by atoms with Gasteiger partial charge in [-0.15, -0.1) is 0 Å². The highest BCUT2D eigenvalue weighted by atomic mass is 19.1. The lowest BCUT2D eigenvalue weighted by Gasteiger charge is -2.07. The van der Waals surface area contributed by atoms with Crippen molar-refractivity contribution in [3.05, 3.63) is 41.0 Å². The van der Waals surface area contributed by atoms with Crippen LogP contribution in [-0.4, -0.2) is 16.1 Å². The van der Waals surface area contributed by atoms with Gasteiger partial charge in [0, 0.05) is 11.3 Å². The third-order valence-electron chi connectivity index (χ3n) is 2.73. The second-order valence-electron chi connectivity index (χ2n) is 3.98. The quantitative estimate of drug-likeness (QED) is 0.760. The summed E-state index contributed by atoms with van der Waals surface area (Å²) in [7, 11) is 0. The van der Waals surface area contributed by atoms with Crippen LogP contribution in [0.25, 0.3) is 0 Å². The zero-order valence-corrected chi connectivity index (χ0v) is 10.0. The largest absolute Gasteiger partial charge is 0.395 e. The number of aromatic nitrogens is 2. The van der Waals surface area contributed by atoms with Crippen molar-refractivity contribution in [1.29, 1.82) is 0 Å². The molecule has 0 saturated carbocycles. The third kappa shape index (κ3) is 2.04. The van der Waals surface area contributed by atoms with Crippen LogP contribution in [0.3, 0.4) is 0 Å². The predicted octanol–water partition coefficient (Wildman–Crippen LogP) is 2.00. The van der Waals surface area contributed by atoms with E-state index in [1.165, 1.54) is 12.1 Å². The van der Waals surface area contributed by atoms with E-state index < -0.39 is 5.91 Å². The molecule has 1 heterocycles. The van der Waals surface area contributed by atoms with E-state index in [0.717, 1.165) is 0 Å². The number of hydrogen-bond donors (Lipinski definition) is 3. The van der Waals surface area contributed by atoms with Gasteiger partial charge in [-0.1, -0.05) is 6.07 Å². The molecule has 5 nitrogen and oxygen atoms in total. The smallest absolute Gasteiger partial charge is 0.278 e. The molecular weight excluding hydrogens is 235 g/mol. The van der Waals surface area contributed by atoms with Crippen LogP contribution in [0.5, 0.6) is 0 Å². The number of carbonyl (C=O) groups excluding carboxylic acids is 1. The molecule has 1 aromatic carbocycles. The predicted molar refractivity (Wildman–Crippen MR) is 66.8 cm³/mol. The van der Waals surface area contributed by atoms with Gasteiger partial charge in [0.25, 0.3) is 5.91 Å². The zero-order chi connectivity index (χ0) is 13.3.